The molecule has 0 saturated carbocycles. The molecule has 0 aromatic heterocycles. The van der Waals surface area contributed by atoms with E-state index in [0.717, 1.165) is 44.9 Å². The van der Waals surface area contributed by atoms with E-state index < -0.39 is 0 Å². The van der Waals surface area contributed by atoms with E-state index in [4.69, 9.17) is 0 Å². The second-order valence-corrected chi connectivity index (χ2v) is 8.06. The Kier molecular flexibility index (Phi) is 9.79. The van der Waals surface area contributed by atoms with Gasteiger partial charge in [-0.15, -0.1) is 0 Å². The molecule has 0 amide bonds. The maximum absolute atomic E-state index is 4.44. The van der Waals surface area contributed by atoms with Crippen molar-refractivity contribution >= 4 is 5.96 Å². The quantitative estimate of drug-likeness (QED) is 0.388. The van der Waals surface area contributed by atoms with Gasteiger partial charge in [-0.05, 0) is 57.9 Å². The Balaban J connectivity index is 1.77. The molecule has 1 heterocycles. The zero-order valence-electron chi connectivity index (χ0n) is 18.5. The van der Waals surface area contributed by atoms with E-state index in [1.165, 1.54) is 38.2 Å². The molecular weight excluding hydrogens is 346 g/mol. The summed E-state index contributed by atoms with van der Waals surface area (Å²) in [5.74, 6) is 0.915. The number of hydrogen-bond donors (Lipinski definition) is 2. The summed E-state index contributed by atoms with van der Waals surface area (Å²) in [6.07, 6.45) is 4.65. The van der Waals surface area contributed by atoms with E-state index in [1.807, 2.05) is 7.05 Å². The maximum Gasteiger partial charge on any atom is 0.191 e. The van der Waals surface area contributed by atoms with Crippen LogP contribution in [0.2, 0.25) is 0 Å². The monoisotopic (exact) mass is 387 g/mol. The Labute approximate surface area is 172 Å². The van der Waals surface area contributed by atoms with Crippen molar-refractivity contribution < 1.29 is 0 Å². The summed E-state index contributed by atoms with van der Waals surface area (Å²) in [5.41, 5.74) is 1.56. The van der Waals surface area contributed by atoms with E-state index in [9.17, 15) is 0 Å². The molecule has 0 unspecified atom stereocenters. The highest BCUT2D eigenvalue weighted by Crippen LogP contribution is 2.30. The van der Waals surface area contributed by atoms with Crippen LogP contribution in [0.15, 0.2) is 35.3 Å². The number of aliphatic imine (C=N–C) groups is 1. The van der Waals surface area contributed by atoms with Crippen LogP contribution in [0.1, 0.15) is 45.1 Å². The molecule has 28 heavy (non-hydrogen) atoms. The molecule has 2 rings (SSSR count). The minimum atomic E-state index is 0.150. The van der Waals surface area contributed by atoms with Gasteiger partial charge in [-0.1, -0.05) is 44.2 Å². The normalized spacial score (nSPS) is 17.4. The maximum atomic E-state index is 4.44. The lowest BCUT2D eigenvalue weighted by Gasteiger charge is -2.33. The van der Waals surface area contributed by atoms with Crippen molar-refractivity contribution in [1.29, 1.82) is 0 Å². The van der Waals surface area contributed by atoms with Crippen LogP contribution in [0.3, 0.4) is 0 Å². The highest BCUT2D eigenvalue weighted by molar-refractivity contribution is 5.79. The summed E-state index contributed by atoms with van der Waals surface area (Å²) in [4.78, 5) is 9.47. The van der Waals surface area contributed by atoms with Crippen molar-refractivity contribution in [2.45, 2.75) is 44.9 Å². The van der Waals surface area contributed by atoms with Gasteiger partial charge in [0.25, 0.3) is 0 Å². The van der Waals surface area contributed by atoms with Crippen LogP contribution in [0.25, 0.3) is 0 Å². The molecule has 2 N–H and O–H groups in total. The van der Waals surface area contributed by atoms with Gasteiger partial charge in [0.15, 0.2) is 5.96 Å². The SMILES string of the molecule is CCC(CC)(CNC(=NC)NCCCN1CCCN(C)CC1)c1ccccc1. The number of hydrogen-bond acceptors (Lipinski definition) is 3. The van der Waals surface area contributed by atoms with Crippen molar-refractivity contribution in [3.8, 4) is 0 Å². The summed E-state index contributed by atoms with van der Waals surface area (Å²) in [7, 11) is 4.09. The molecule has 158 valence electrons. The molecule has 0 spiro atoms. The summed E-state index contributed by atoms with van der Waals surface area (Å²) < 4.78 is 0. The number of likely N-dealkylation sites (N-methyl/N-ethyl adjacent to an activating group) is 1. The van der Waals surface area contributed by atoms with Crippen LogP contribution in [0.4, 0.5) is 0 Å². The molecular formula is C23H41N5. The lowest BCUT2D eigenvalue weighted by atomic mass is 9.76. The molecule has 1 aromatic carbocycles. The third-order valence-corrected chi connectivity index (χ3v) is 6.31. The Hall–Kier alpha value is -1.59. The lowest BCUT2D eigenvalue weighted by molar-refractivity contribution is 0.273. The number of nitrogens with one attached hydrogen (secondary N) is 2. The van der Waals surface area contributed by atoms with E-state index in [0.29, 0.717) is 0 Å². The third-order valence-electron chi connectivity index (χ3n) is 6.31. The van der Waals surface area contributed by atoms with Crippen molar-refractivity contribution in [3.05, 3.63) is 35.9 Å². The van der Waals surface area contributed by atoms with Gasteiger partial charge in [-0.2, -0.15) is 0 Å². The zero-order valence-corrected chi connectivity index (χ0v) is 18.5. The predicted octanol–water partition coefficient (Wildman–Crippen LogP) is 2.94. The number of nitrogens with zero attached hydrogens (tertiary/aromatic N) is 3. The van der Waals surface area contributed by atoms with Crippen LogP contribution in [-0.2, 0) is 5.41 Å². The first-order chi connectivity index (χ1) is 13.6. The molecule has 1 aromatic rings. The van der Waals surface area contributed by atoms with Gasteiger partial charge in [0.1, 0.15) is 0 Å². The van der Waals surface area contributed by atoms with Crippen molar-refractivity contribution in [2.75, 3.05) is 59.9 Å². The van der Waals surface area contributed by atoms with Gasteiger partial charge in [0, 0.05) is 38.6 Å². The average molecular weight is 388 g/mol. The van der Waals surface area contributed by atoms with Crippen LogP contribution in [0, 0.1) is 0 Å². The second-order valence-electron chi connectivity index (χ2n) is 8.06. The van der Waals surface area contributed by atoms with E-state index in [-0.39, 0.29) is 5.41 Å². The minimum absolute atomic E-state index is 0.150. The molecule has 5 heteroatoms. The first-order valence-electron chi connectivity index (χ1n) is 11.0. The molecule has 0 aliphatic carbocycles. The fourth-order valence-electron chi connectivity index (χ4n) is 4.11. The lowest BCUT2D eigenvalue weighted by Crippen LogP contribution is -2.46. The van der Waals surface area contributed by atoms with Crippen LogP contribution >= 0.6 is 0 Å². The number of guanidine groups is 1. The molecule has 5 nitrogen and oxygen atoms in total. The molecule has 1 fully saturated rings. The van der Waals surface area contributed by atoms with Gasteiger partial charge in [-0.25, -0.2) is 0 Å². The minimum Gasteiger partial charge on any atom is -0.356 e. The Morgan fingerprint density at radius 2 is 1.79 bits per heavy atom. The summed E-state index contributed by atoms with van der Waals surface area (Å²) in [5, 5.41) is 7.09. The Bertz CT molecular complexity index is 568. The highest BCUT2D eigenvalue weighted by atomic mass is 15.2. The largest absolute Gasteiger partial charge is 0.356 e. The fourth-order valence-corrected chi connectivity index (χ4v) is 4.11. The van der Waals surface area contributed by atoms with Gasteiger partial charge < -0.3 is 20.4 Å². The van der Waals surface area contributed by atoms with Gasteiger partial charge in [0.05, 0.1) is 0 Å². The fraction of sp³-hybridized carbons (Fsp3) is 0.696. The summed E-state index contributed by atoms with van der Waals surface area (Å²) >= 11 is 0. The van der Waals surface area contributed by atoms with E-state index in [1.54, 1.807) is 0 Å². The summed E-state index contributed by atoms with van der Waals surface area (Å²) in [6.45, 7) is 12.4. The smallest absolute Gasteiger partial charge is 0.191 e. The van der Waals surface area contributed by atoms with E-state index >= 15 is 0 Å². The number of rotatable bonds is 9. The Morgan fingerprint density at radius 3 is 2.46 bits per heavy atom. The molecule has 1 aliphatic rings. The van der Waals surface area contributed by atoms with Gasteiger partial charge in [0.2, 0.25) is 0 Å². The second kappa shape index (κ2) is 12.1. The molecule has 0 atom stereocenters. The molecule has 0 bridgehead atoms. The van der Waals surface area contributed by atoms with Crippen molar-refractivity contribution in [1.82, 2.24) is 20.4 Å². The van der Waals surface area contributed by atoms with Crippen LogP contribution in [-0.4, -0.2) is 75.7 Å². The average Bonchev–Trinajstić information content (AvgIpc) is 2.95. The highest BCUT2D eigenvalue weighted by Gasteiger charge is 2.28. The van der Waals surface area contributed by atoms with Crippen LogP contribution < -0.4 is 10.6 Å². The van der Waals surface area contributed by atoms with Crippen LogP contribution in [0.5, 0.6) is 0 Å². The predicted molar refractivity (Wildman–Crippen MR) is 121 cm³/mol. The number of benzene rings is 1. The summed E-state index contributed by atoms with van der Waals surface area (Å²) in [6, 6.07) is 10.9. The first kappa shape index (κ1) is 22.7. The van der Waals surface area contributed by atoms with Crippen molar-refractivity contribution in [2.24, 2.45) is 4.99 Å². The van der Waals surface area contributed by atoms with E-state index in [2.05, 4.69) is 76.7 Å². The van der Waals surface area contributed by atoms with Crippen molar-refractivity contribution in [3.63, 3.8) is 0 Å². The molecule has 0 radical (unpaired) electrons. The molecule has 1 aliphatic heterocycles. The molecule has 1 saturated heterocycles. The first-order valence-corrected chi connectivity index (χ1v) is 11.0. The van der Waals surface area contributed by atoms with Gasteiger partial charge in [-0.3, -0.25) is 4.99 Å². The third kappa shape index (κ3) is 6.78. The van der Waals surface area contributed by atoms with Gasteiger partial charge >= 0.3 is 0 Å². The standard InChI is InChI=1S/C23H41N5/c1-5-23(6-2,21-12-8-7-9-13-21)20-26-22(24-3)25-14-10-16-28-17-11-15-27(4)18-19-28/h7-9,12-13H,5-6,10-11,14-20H2,1-4H3,(H2,24,25,26). The zero-order chi connectivity index (χ0) is 20.2. The Morgan fingerprint density at radius 1 is 1.04 bits per heavy atom. The topological polar surface area (TPSA) is 42.9 Å².